The lowest BCUT2D eigenvalue weighted by Crippen LogP contribution is -2.34. The highest BCUT2D eigenvalue weighted by molar-refractivity contribution is 6.33. The molecule has 0 aromatic heterocycles. The van der Waals surface area contributed by atoms with Gasteiger partial charge in [-0.1, -0.05) is 57.5 Å². The molecule has 3 rings (SSSR count). The van der Waals surface area contributed by atoms with Crippen LogP contribution in [0.25, 0.3) is 11.1 Å². The third-order valence-electron chi connectivity index (χ3n) is 4.74. The maximum Gasteiger partial charge on any atom is 0.226 e. The minimum Gasteiger partial charge on any atom is -0.338 e. The number of amides is 2. The van der Waals surface area contributed by atoms with Gasteiger partial charge in [0.2, 0.25) is 11.8 Å². The number of hydrogen-bond acceptors (Lipinski definition) is 2. The van der Waals surface area contributed by atoms with Gasteiger partial charge in [0.1, 0.15) is 0 Å². The summed E-state index contributed by atoms with van der Waals surface area (Å²) in [6.07, 6.45) is 0.772. The van der Waals surface area contributed by atoms with Gasteiger partial charge < -0.3 is 10.2 Å². The molecular formula is C23H29ClN2O2. The lowest BCUT2D eigenvalue weighted by Gasteiger charge is -2.30. The van der Waals surface area contributed by atoms with Crippen molar-refractivity contribution in [1.29, 1.82) is 0 Å². The van der Waals surface area contributed by atoms with Crippen LogP contribution in [0.4, 0.5) is 5.69 Å². The van der Waals surface area contributed by atoms with Crippen LogP contribution in [0.3, 0.4) is 0 Å². The van der Waals surface area contributed by atoms with Crippen molar-refractivity contribution in [3.63, 3.8) is 0 Å². The highest BCUT2D eigenvalue weighted by atomic mass is 35.5. The Balaban J connectivity index is 0.00000136. The molecule has 2 aromatic carbocycles. The minimum absolute atomic E-state index is 0.0331. The molecule has 150 valence electrons. The van der Waals surface area contributed by atoms with Crippen LogP contribution in [0.15, 0.2) is 36.4 Å². The maximum absolute atomic E-state index is 12.2. The van der Waals surface area contributed by atoms with E-state index in [1.54, 1.807) is 6.92 Å². The number of fused-ring (bicyclic) bond motifs is 1. The normalized spacial score (nSPS) is 12.8. The number of hydrogen-bond donors (Lipinski definition) is 1. The van der Waals surface area contributed by atoms with E-state index in [0.717, 1.165) is 28.8 Å². The molecule has 0 saturated heterocycles. The highest BCUT2D eigenvalue weighted by Gasteiger charge is 2.23. The van der Waals surface area contributed by atoms with Crippen molar-refractivity contribution >= 4 is 29.1 Å². The van der Waals surface area contributed by atoms with Crippen LogP contribution in [0.1, 0.15) is 45.7 Å². The van der Waals surface area contributed by atoms with Crippen molar-refractivity contribution in [2.24, 2.45) is 5.92 Å². The van der Waals surface area contributed by atoms with Gasteiger partial charge in [-0.2, -0.15) is 0 Å². The molecule has 0 radical (unpaired) electrons. The summed E-state index contributed by atoms with van der Waals surface area (Å²) in [5, 5.41) is 3.66. The number of anilines is 1. The van der Waals surface area contributed by atoms with Gasteiger partial charge in [0, 0.05) is 42.2 Å². The SMILES string of the molecule is CC.CC(=O)N1CCc2c(cc(NC(=O)C(C)C)cc2-c2ccccc2Cl)C1. The predicted molar refractivity (Wildman–Crippen MR) is 116 cm³/mol. The second kappa shape index (κ2) is 9.74. The van der Waals surface area contributed by atoms with Gasteiger partial charge in [-0.25, -0.2) is 0 Å². The smallest absolute Gasteiger partial charge is 0.226 e. The minimum atomic E-state index is -0.108. The lowest BCUT2D eigenvalue weighted by atomic mass is 9.89. The molecular weight excluding hydrogens is 372 g/mol. The van der Waals surface area contributed by atoms with E-state index in [1.807, 2.05) is 69.0 Å². The van der Waals surface area contributed by atoms with Crippen LogP contribution < -0.4 is 5.32 Å². The number of nitrogens with zero attached hydrogens (tertiary/aromatic N) is 1. The Hall–Kier alpha value is -2.33. The summed E-state index contributed by atoms with van der Waals surface area (Å²) in [7, 11) is 0. The summed E-state index contributed by atoms with van der Waals surface area (Å²) in [5.74, 6) is -0.0793. The summed E-state index contributed by atoms with van der Waals surface area (Å²) in [6, 6.07) is 11.7. The summed E-state index contributed by atoms with van der Waals surface area (Å²) >= 11 is 6.44. The Kier molecular flexibility index (Phi) is 7.64. The van der Waals surface area contributed by atoms with E-state index in [4.69, 9.17) is 11.6 Å². The third kappa shape index (κ3) is 4.93. The molecule has 1 aliphatic heterocycles. The van der Waals surface area contributed by atoms with Crippen molar-refractivity contribution in [2.75, 3.05) is 11.9 Å². The van der Waals surface area contributed by atoms with Gasteiger partial charge in [0.05, 0.1) is 0 Å². The molecule has 0 fully saturated rings. The van der Waals surface area contributed by atoms with E-state index in [1.165, 1.54) is 5.56 Å². The molecule has 5 heteroatoms. The second-order valence-corrected chi connectivity index (χ2v) is 7.38. The Morgan fingerprint density at radius 3 is 2.39 bits per heavy atom. The van der Waals surface area contributed by atoms with Crippen LogP contribution in [0.5, 0.6) is 0 Å². The van der Waals surface area contributed by atoms with Crippen LogP contribution in [-0.2, 0) is 22.6 Å². The van der Waals surface area contributed by atoms with Crippen LogP contribution in [0, 0.1) is 5.92 Å². The van der Waals surface area contributed by atoms with Gasteiger partial charge >= 0.3 is 0 Å². The number of halogens is 1. The number of carbonyl (C=O) groups excluding carboxylic acids is 2. The Bertz CT molecular complexity index is 862. The number of benzene rings is 2. The topological polar surface area (TPSA) is 49.4 Å². The summed E-state index contributed by atoms with van der Waals surface area (Å²) in [5.41, 5.74) is 4.96. The van der Waals surface area contributed by atoms with Crippen molar-refractivity contribution in [2.45, 2.75) is 47.6 Å². The van der Waals surface area contributed by atoms with E-state index in [-0.39, 0.29) is 17.7 Å². The predicted octanol–water partition coefficient (Wildman–Crippen LogP) is 5.53. The molecule has 0 spiro atoms. The zero-order valence-electron chi connectivity index (χ0n) is 17.3. The first-order valence-electron chi connectivity index (χ1n) is 9.84. The number of rotatable bonds is 3. The average Bonchev–Trinajstić information content (AvgIpc) is 2.68. The first kappa shape index (κ1) is 22.0. The van der Waals surface area contributed by atoms with Crippen LogP contribution >= 0.6 is 11.6 Å². The fourth-order valence-corrected chi connectivity index (χ4v) is 3.48. The van der Waals surface area contributed by atoms with Crippen molar-refractivity contribution in [3.8, 4) is 11.1 Å². The average molecular weight is 401 g/mol. The van der Waals surface area contributed by atoms with Gasteiger partial charge in [-0.3, -0.25) is 9.59 Å². The third-order valence-corrected chi connectivity index (χ3v) is 5.07. The number of carbonyl (C=O) groups is 2. The van der Waals surface area contributed by atoms with Gasteiger partial charge in [-0.05, 0) is 41.3 Å². The molecule has 1 aliphatic rings. The Morgan fingerprint density at radius 2 is 1.79 bits per heavy atom. The highest BCUT2D eigenvalue weighted by Crippen LogP contribution is 2.37. The van der Waals surface area contributed by atoms with Crippen LogP contribution in [0.2, 0.25) is 5.02 Å². The standard InChI is InChI=1S/C21H23ClN2O2.C2H6/c1-13(2)21(26)23-16-10-15-12-24(14(3)25)9-8-17(15)19(11-16)18-6-4-5-7-20(18)22;1-2/h4-7,10-11,13H,8-9,12H2,1-3H3,(H,23,26);1-2H3. The van der Waals surface area contributed by atoms with Crippen LogP contribution in [-0.4, -0.2) is 23.3 Å². The molecule has 1 N–H and O–H groups in total. The first-order valence-corrected chi connectivity index (χ1v) is 10.2. The molecule has 28 heavy (non-hydrogen) atoms. The molecule has 0 atom stereocenters. The fourth-order valence-electron chi connectivity index (χ4n) is 3.25. The molecule has 0 aliphatic carbocycles. The molecule has 0 saturated carbocycles. The van der Waals surface area contributed by atoms with E-state index in [0.29, 0.717) is 18.1 Å². The molecule has 2 aromatic rings. The molecule has 0 bridgehead atoms. The zero-order chi connectivity index (χ0) is 20.8. The summed E-state index contributed by atoms with van der Waals surface area (Å²) in [4.78, 5) is 25.8. The molecule has 4 nitrogen and oxygen atoms in total. The van der Waals surface area contributed by atoms with E-state index < -0.39 is 0 Å². The molecule has 1 heterocycles. The summed E-state index contributed by atoms with van der Waals surface area (Å²) in [6.45, 7) is 10.6. The first-order chi connectivity index (χ1) is 13.4. The summed E-state index contributed by atoms with van der Waals surface area (Å²) < 4.78 is 0. The largest absolute Gasteiger partial charge is 0.338 e. The quantitative estimate of drug-likeness (QED) is 0.736. The zero-order valence-corrected chi connectivity index (χ0v) is 18.1. The maximum atomic E-state index is 12.2. The molecule has 0 unspecified atom stereocenters. The number of nitrogens with one attached hydrogen (secondary N) is 1. The Morgan fingerprint density at radius 1 is 1.11 bits per heavy atom. The van der Waals surface area contributed by atoms with Crippen molar-refractivity contribution in [3.05, 3.63) is 52.5 Å². The van der Waals surface area contributed by atoms with E-state index in [2.05, 4.69) is 5.32 Å². The monoisotopic (exact) mass is 400 g/mol. The lowest BCUT2D eigenvalue weighted by molar-refractivity contribution is -0.129. The molecule has 2 amide bonds. The second-order valence-electron chi connectivity index (χ2n) is 6.98. The van der Waals surface area contributed by atoms with Crippen molar-refractivity contribution < 1.29 is 9.59 Å². The van der Waals surface area contributed by atoms with Crippen molar-refractivity contribution in [1.82, 2.24) is 4.90 Å². The van der Waals surface area contributed by atoms with Gasteiger partial charge in [0.15, 0.2) is 0 Å². The Labute approximate surface area is 172 Å². The van der Waals surface area contributed by atoms with Gasteiger partial charge in [0.25, 0.3) is 0 Å². The fraction of sp³-hybridized carbons (Fsp3) is 0.391. The van der Waals surface area contributed by atoms with E-state index in [9.17, 15) is 9.59 Å². The van der Waals surface area contributed by atoms with E-state index >= 15 is 0 Å². The van der Waals surface area contributed by atoms with Gasteiger partial charge in [-0.15, -0.1) is 0 Å².